The maximum Gasteiger partial charge on any atom is 0.336 e. The summed E-state index contributed by atoms with van der Waals surface area (Å²) in [6, 6.07) is 12.7. The highest BCUT2D eigenvalue weighted by atomic mass is 79.9. The maximum absolute atomic E-state index is 11.1. The Kier molecular flexibility index (Phi) is 4.61. The van der Waals surface area contributed by atoms with Gasteiger partial charge in [0.25, 0.3) is 0 Å². The SMILES string of the molecule is O=C(O)c1ccccc1CNc1c(Br)cccc1Br. The molecule has 19 heavy (non-hydrogen) atoms. The summed E-state index contributed by atoms with van der Waals surface area (Å²) >= 11 is 6.92. The van der Waals surface area contributed by atoms with Gasteiger partial charge in [-0.2, -0.15) is 0 Å². The van der Waals surface area contributed by atoms with Crippen LogP contribution < -0.4 is 5.32 Å². The molecule has 0 radical (unpaired) electrons. The molecule has 2 rings (SSSR count). The van der Waals surface area contributed by atoms with E-state index < -0.39 is 5.97 Å². The topological polar surface area (TPSA) is 49.3 Å². The summed E-state index contributed by atoms with van der Waals surface area (Å²) in [5, 5.41) is 12.4. The molecule has 2 aromatic rings. The van der Waals surface area contributed by atoms with E-state index >= 15 is 0 Å². The first-order valence-electron chi connectivity index (χ1n) is 5.58. The number of hydrogen-bond acceptors (Lipinski definition) is 2. The number of carboxylic acids is 1. The molecule has 0 aliphatic carbocycles. The molecule has 2 aromatic carbocycles. The number of aromatic carboxylic acids is 1. The monoisotopic (exact) mass is 383 g/mol. The lowest BCUT2D eigenvalue weighted by atomic mass is 10.1. The van der Waals surface area contributed by atoms with Crippen molar-refractivity contribution in [3.63, 3.8) is 0 Å². The fourth-order valence-electron chi connectivity index (χ4n) is 1.73. The Morgan fingerprint density at radius 3 is 2.32 bits per heavy atom. The first-order valence-corrected chi connectivity index (χ1v) is 7.17. The highest BCUT2D eigenvalue weighted by molar-refractivity contribution is 9.11. The standard InChI is InChI=1S/C14H11Br2NO2/c15-11-6-3-7-12(16)13(11)17-8-9-4-1-2-5-10(9)14(18)19/h1-7,17H,8H2,(H,18,19). The van der Waals surface area contributed by atoms with Crippen LogP contribution in [-0.4, -0.2) is 11.1 Å². The number of rotatable bonds is 4. The second-order valence-corrected chi connectivity index (χ2v) is 5.62. The molecule has 5 heteroatoms. The Morgan fingerprint density at radius 1 is 1.05 bits per heavy atom. The zero-order valence-corrected chi connectivity index (χ0v) is 13.0. The van der Waals surface area contributed by atoms with Gasteiger partial charge in [0.15, 0.2) is 0 Å². The molecular formula is C14H11Br2NO2. The van der Waals surface area contributed by atoms with Gasteiger partial charge in [-0.3, -0.25) is 0 Å². The molecule has 0 aliphatic heterocycles. The number of para-hydroxylation sites is 1. The minimum absolute atomic E-state index is 0.318. The van der Waals surface area contributed by atoms with Gasteiger partial charge in [-0.15, -0.1) is 0 Å². The Hall–Kier alpha value is -1.33. The number of anilines is 1. The van der Waals surface area contributed by atoms with Gasteiger partial charge in [0.2, 0.25) is 0 Å². The molecule has 0 aromatic heterocycles. The average molecular weight is 385 g/mol. The second kappa shape index (κ2) is 6.21. The molecule has 0 unspecified atom stereocenters. The van der Waals surface area contributed by atoms with Gasteiger partial charge in [-0.1, -0.05) is 24.3 Å². The van der Waals surface area contributed by atoms with E-state index in [0.717, 1.165) is 20.2 Å². The quantitative estimate of drug-likeness (QED) is 0.814. The van der Waals surface area contributed by atoms with Crippen LogP contribution in [0.2, 0.25) is 0 Å². The van der Waals surface area contributed by atoms with E-state index in [1.54, 1.807) is 18.2 Å². The predicted molar refractivity (Wildman–Crippen MR) is 82.6 cm³/mol. The highest BCUT2D eigenvalue weighted by Gasteiger charge is 2.10. The molecule has 3 nitrogen and oxygen atoms in total. The van der Waals surface area contributed by atoms with Gasteiger partial charge >= 0.3 is 5.97 Å². The number of benzene rings is 2. The van der Waals surface area contributed by atoms with Crippen molar-refractivity contribution in [2.45, 2.75) is 6.54 Å². The van der Waals surface area contributed by atoms with Crippen LogP contribution in [-0.2, 0) is 6.54 Å². The lowest BCUT2D eigenvalue weighted by Crippen LogP contribution is -2.07. The van der Waals surface area contributed by atoms with Crippen molar-refractivity contribution in [1.29, 1.82) is 0 Å². The second-order valence-electron chi connectivity index (χ2n) is 3.91. The maximum atomic E-state index is 11.1. The average Bonchev–Trinajstić information content (AvgIpc) is 2.38. The summed E-state index contributed by atoms with van der Waals surface area (Å²) in [6.07, 6.45) is 0. The van der Waals surface area contributed by atoms with Crippen molar-refractivity contribution >= 4 is 43.5 Å². The van der Waals surface area contributed by atoms with E-state index in [4.69, 9.17) is 5.11 Å². The summed E-state index contributed by atoms with van der Waals surface area (Å²) in [4.78, 5) is 11.1. The number of hydrogen-bond donors (Lipinski definition) is 2. The predicted octanol–water partition coefficient (Wildman–Crippen LogP) is 4.52. The molecule has 0 amide bonds. The largest absolute Gasteiger partial charge is 0.478 e. The summed E-state index contributed by atoms with van der Waals surface area (Å²) in [7, 11) is 0. The fraction of sp³-hybridized carbons (Fsp3) is 0.0714. The van der Waals surface area contributed by atoms with E-state index in [1.165, 1.54) is 0 Å². The molecule has 98 valence electrons. The third kappa shape index (κ3) is 3.36. The van der Waals surface area contributed by atoms with Crippen LogP contribution in [0.5, 0.6) is 0 Å². The normalized spacial score (nSPS) is 10.2. The number of carbonyl (C=O) groups is 1. The molecule has 2 N–H and O–H groups in total. The van der Waals surface area contributed by atoms with Crippen LogP contribution in [0.15, 0.2) is 51.4 Å². The van der Waals surface area contributed by atoms with Gasteiger partial charge in [0.1, 0.15) is 0 Å². The highest BCUT2D eigenvalue weighted by Crippen LogP contribution is 2.31. The van der Waals surface area contributed by atoms with Crippen molar-refractivity contribution in [1.82, 2.24) is 0 Å². The van der Waals surface area contributed by atoms with Crippen LogP contribution >= 0.6 is 31.9 Å². The molecule has 0 aliphatic rings. The first-order chi connectivity index (χ1) is 9.09. The molecule has 0 bridgehead atoms. The van der Waals surface area contributed by atoms with Crippen molar-refractivity contribution in [3.8, 4) is 0 Å². The lowest BCUT2D eigenvalue weighted by molar-refractivity contribution is 0.0696. The molecule has 0 spiro atoms. The smallest absolute Gasteiger partial charge is 0.336 e. The Balaban J connectivity index is 2.22. The molecule has 0 atom stereocenters. The van der Waals surface area contributed by atoms with Crippen LogP contribution in [0.3, 0.4) is 0 Å². The van der Waals surface area contributed by atoms with E-state index in [0.29, 0.717) is 12.1 Å². The zero-order valence-electron chi connectivity index (χ0n) is 9.86. The van der Waals surface area contributed by atoms with Gasteiger partial charge in [0, 0.05) is 15.5 Å². The Labute approximate surface area is 127 Å². The summed E-state index contributed by atoms with van der Waals surface area (Å²) in [5.74, 6) is -0.913. The summed E-state index contributed by atoms with van der Waals surface area (Å²) in [6.45, 7) is 0.448. The Bertz CT molecular complexity index is 594. The number of carboxylic acid groups (broad SMARTS) is 1. The zero-order chi connectivity index (χ0) is 13.8. The van der Waals surface area contributed by atoms with Crippen molar-refractivity contribution in [3.05, 3.63) is 62.5 Å². The third-order valence-electron chi connectivity index (χ3n) is 2.67. The van der Waals surface area contributed by atoms with Crippen LogP contribution in [0, 0.1) is 0 Å². The minimum Gasteiger partial charge on any atom is -0.478 e. The van der Waals surface area contributed by atoms with Crippen LogP contribution in [0.25, 0.3) is 0 Å². The van der Waals surface area contributed by atoms with E-state index in [1.807, 2.05) is 24.3 Å². The first kappa shape index (κ1) is 14.1. The third-order valence-corrected chi connectivity index (χ3v) is 3.99. The van der Waals surface area contributed by atoms with Crippen molar-refractivity contribution < 1.29 is 9.90 Å². The van der Waals surface area contributed by atoms with E-state index in [-0.39, 0.29) is 0 Å². The van der Waals surface area contributed by atoms with Crippen molar-refractivity contribution in [2.75, 3.05) is 5.32 Å². The Morgan fingerprint density at radius 2 is 1.68 bits per heavy atom. The van der Waals surface area contributed by atoms with Crippen molar-refractivity contribution in [2.24, 2.45) is 0 Å². The van der Waals surface area contributed by atoms with Gasteiger partial charge in [-0.25, -0.2) is 4.79 Å². The van der Waals surface area contributed by atoms with Crippen LogP contribution in [0.1, 0.15) is 15.9 Å². The number of halogens is 2. The van der Waals surface area contributed by atoms with E-state index in [9.17, 15) is 4.79 Å². The van der Waals surface area contributed by atoms with Gasteiger partial charge < -0.3 is 10.4 Å². The summed E-state index contributed by atoms with van der Waals surface area (Å²) in [5.41, 5.74) is 1.97. The molecular weight excluding hydrogens is 374 g/mol. The number of nitrogens with one attached hydrogen (secondary N) is 1. The minimum atomic E-state index is -0.913. The lowest BCUT2D eigenvalue weighted by Gasteiger charge is -2.12. The van der Waals surface area contributed by atoms with Gasteiger partial charge in [0.05, 0.1) is 11.3 Å². The van der Waals surface area contributed by atoms with Gasteiger partial charge in [-0.05, 0) is 55.6 Å². The summed E-state index contributed by atoms with van der Waals surface area (Å²) < 4.78 is 1.85. The van der Waals surface area contributed by atoms with E-state index in [2.05, 4.69) is 37.2 Å². The molecule has 0 saturated carbocycles. The van der Waals surface area contributed by atoms with Crippen LogP contribution in [0.4, 0.5) is 5.69 Å². The molecule has 0 heterocycles. The fourth-order valence-corrected chi connectivity index (χ4v) is 3.01. The molecule has 0 saturated heterocycles. The molecule has 0 fully saturated rings.